The second-order valence-corrected chi connectivity index (χ2v) is 6.56. The summed E-state index contributed by atoms with van der Waals surface area (Å²) in [7, 11) is 0. The van der Waals surface area contributed by atoms with Gasteiger partial charge < -0.3 is 20.6 Å². The molecule has 5 heteroatoms. The number of hydrogen-bond acceptors (Lipinski definition) is 3. The van der Waals surface area contributed by atoms with Gasteiger partial charge in [0.2, 0.25) is 0 Å². The molecule has 2 aliphatic rings. The lowest BCUT2D eigenvalue weighted by Gasteiger charge is -2.28. The Labute approximate surface area is 131 Å². The number of carbonyl (C=O) groups excluding carboxylic acids is 1. The molecule has 1 aliphatic heterocycles. The third-order valence-electron chi connectivity index (χ3n) is 4.76. The summed E-state index contributed by atoms with van der Waals surface area (Å²) in [6.45, 7) is 2.94. The van der Waals surface area contributed by atoms with Gasteiger partial charge in [-0.15, -0.1) is 0 Å². The fourth-order valence-electron chi connectivity index (χ4n) is 2.92. The molecule has 1 aliphatic carbocycles. The van der Waals surface area contributed by atoms with Gasteiger partial charge in [0.15, 0.2) is 0 Å². The summed E-state index contributed by atoms with van der Waals surface area (Å²) in [6, 6.07) is 7.82. The number of aliphatic hydroxyl groups excluding tert-OH is 1. The topological polar surface area (TPSA) is 64.6 Å². The Balaban J connectivity index is 1.48. The minimum absolute atomic E-state index is 0.0601. The van der Waals surface area contributed by atoms with E-state index in [2.05, 4.69) is 27.7 Å². The van der Waals surface area contributed by atoms with Crippen LogP contribution in [0, 0.1) is 5.41 Å². The van der Waals surface area contributed by atoms with Crippen molar-refractivity contribution in [2.75, 3.05) is 36.5 Å². The van der Waals surface area contributed by atoms with Gasteiger partial charge in [0.25, 0.3) is 0 Å². The number of rotatable bonds is 5. The SMILES string of the molecule is O=C(NCC1(CO)CC1)Nc1ccc(N2CCCCC2)cc1. The molecule has 0 spiro atoms. The lowest BCUT2D eigenvalue weighted by atomic mass is 10.1. The van der Waals surface area contributed by atoms with E-state index in [0.29, 0.717) is 6.54 Å². The Hall–Kier alpha value is -1.75. The number of aliphatic hydroxyl groups is 1. The molecule has 22 heavy (non-hydrogen) atoms. The molecule has 0 radical (unpaired) electrons. The Morgan fingerprint density at radius 3 is 2.41 bits per heavy atom. The van der Waals surface area contributed by atoms with E-state index < -0.39 is 0 Å². The molecule has 1 aromatic rings. The molecule has 1 heterocycles. The largest absolute Gasteiger partial charge is 0.396 e. The summed E-state index contributed by atoms with van der Waals surface area (Å²) in [6.07, 6.45) is 5.83. The Bertz CT molecular complexity index is 505. The van der Waals surface area contributed by atoms with E-state index in [1.54, 1.807) is 0 Å². The smallest absolute Gasteiger partial charge is 0.319 e. The second kappa shape index (κ2) is 6.57. The van der Waals surface area contributed by atoms with Crippen LogP contribution in [-0.2, 0) is 0 Å². The van der Waals surface area contributed by atoms with Crippen molar-refractivity contribution in [1.29, 1.82) is 0 Å². The maximum absolute atomic E-state index is 11.9. The molecule has 2 fully saturated rings. The van der Waals surface area contributed by atoms with Crippen LogP contribution in [0.2, 0.25) is 0 Å². The van der Waals surface area contributed by atoms with Crippen LogP contribution in [0.25, 0.3) is 0 Å². The summed E-state index contributed by atoms with van der Waals surface area (Å²) < 4.78 is 0. The number of benzene rings is 1. The predicted molar refractivity (Wildman–Crippen MR) is 88.3 cm³/mol. The van der Waals surface area contributed by atoms with Crippen molar-refractivity contribution in [2.24, 2.45) is 5.41 Å². The standard InChI is InChI=1S/C17H25N3O2/c21-13-17(8-9-17)12-18-16(22)19-14-4-6-15(7-5-14)20-10-2-1-3-11-20/h4-7,21H,1-3,8-13H2,(H2,18,19,22). The summed E-state index contributed by atoms with van der Waals surface area (Å²) in [5.41, 5.74) is 1.96. The number of anilines is 2. The van der Waals surface area contributed by atoms with Crippen LogP contribution >= 0.6 is 0 Å². The first-order valence-corrected chi connectivity index (χ1v) is 8.22. The molecule has 0 aromatic heterocycles. The summed E-state index contributed by atoms with van der Waals surface area (Å²) >= 11 is 0. The summed E-state index contributed by atoms with van der Waals surface area (Å²) in [5, 5.41) is 14.9. The highest BCUT2D eigenvalue weighted by molar-refractivity contribution is 5.89. The first kappa shape index (κ1) is 15.2. The molecule has 5 nitrogen and oxygen atoms in total. The maximum Gasteiger partial charge on any atom is 0.319 e. The molecular weight excluding hydrogens is 278 g/mol. The summed E-state index contributed by atoms with van der Waals surface area (Å²) in [4.78, 5) is 14.3. The average Bonchev–Trinajstić information content (AvgIpc) is 3.35. The molecule has 0 atom stereocenters. The third-order valence-corrected chi connectivity index (χ3v) is 4.76. The molecule has 2 amide bonds. The molecule has 1 aromatic carbocycles. The van der Waals surface area contributed by atoms with Crippen LogP contribution < -0.4 is 15.5 Å². The highest BCUT2D eigenvalue weighted by Gasteiger charge is 2.42. The zero-order valence-electron chi connectivity index (χ0n) is 13.0. The van der Waals surface area contributed by atoms with Gasteiger partial charge in [0, 0.05) is 36.4 Å². The number of urea groups is 1. The number of nitrogens with one attached hydrogen (secondary N) is 2. The molecule has 120 valence electrons. The fourth-order valence-corrected chi connectivity index (χ4v) is 2.92. The lowest BCUT2D eigenvalue weighted by Crippen LogP contribution is -2.35. The van der Waals surface area contributed by atoms with Crippen LogP contribution in [0.3, 0.4) is 0 Å². The Morgan fingerprint density at radius 2 is 1.82 bits per heavy atom. The van der Waals surface area contributed by atoms with Crippen molar-refractivity contribution in [3.8, 4) is 0 Å². The quantitative estimate of drug-likeness (QED) is 0.783. The van der Waals surface area contributed by atoms with Gasteiger partial charge in [-0.2, -0.15) is 0 Å². The highest BCUT2D eigenvalue weighted by Crippen LogP contribution is 2.44. The second-order valence-electron chi connectivity index (χ2n) is 6.56. The van der Waals surface area contributed by atoms with Gasteiger partial charge in [-0.3, -0.25) is 0 Å². The number of piperidine rings is 1. The van der Waals surface area contributed by atoms with E-state index in [-0.39, 0.29) is 18.1 Å². The fraction of sp³-hybridized carbons (Fsp3) is 0.588. The lowest BCUT2D eigenvalue weighted by molar-refractivity contribution is 0.206. The van der Waals surface area contributed by atoms with Crippen LogP contribution in [0.4, 0.5) is 16.2 Å². The monoisotopic (exact) mass is 303 g/mol. The molecule has 1 saturated carbocycles. The minimum atomic E-state index is -0.203. The zero-order chi connectivity index (χ0) is 15.4. The molecule has 0 unspecified atom stereocenters. The maximum atomic E-state index is 11.9. The normalized spacial score (nSPS) is 19.6. The van der Waals surface area contributed by atoms with Gasteiger partial charge in [0.05, 0.1) is 6.61 Å². The van der Waals surface area contributed by atoms with Gasteiger partial charge in [0.1, 0.15) is 0 Å². The van der Waals surface area contributed by atoms with Crippen LogP contribution in [0.5, 0.6) is 0 Å². The number of amides is 2. The van der Waals surface area contributed by atoms with E-state index >= 15 is 0 Å². The predicted octanol–water partition coefficient (Wildman–Crippen LogP) is 2.57. The van der Waals surface area contributed by atoms with Gasteiger partial charge >= 0.3 is 6.03 Å². The van der Waals surface area contributed by atoms with Crippen molar-refractivity contribution in [3.63, 3.8) is 0 Å². The number of hydrogen-bond donors (Lipinski definition) is 3. The minimum Gasteiger partial charge on any atom is -0.396 e. The van der Waals surface area contributed by atoms with Crippen LogP contribution in [-0.4, -0.2) is 37.4 Å². The Kier molecular flexibility index (Phi) is 4.52. The first-order valence-electron chi connectivity index (χ1n) is 8.22. The molecule has 0 bridgehead atoms. The molecule has 1 saturated heterocycles. The van der Waals surface area contributed by atoms with Crippen molar-refractivity contribution in [2.45, 2.75) is 32.1 Å². The van der Waals surface area contributed by atoms with Gasteiger partial charge in [-0.05, 0) is 56.4 Å². The Morgan fingerprint density at radius 1 is 1.14 bits per heavy atom. The van der Waals surface area contributed by atoms with Crippen molar-refractivity contribution >= 4 is 17.4 Å². The highest BCUT2D eigenvalue weighted by atomic mass is 16.3. The van der Waals surface area contributed by atoms with Crippen molar-refractivity contribution in [3.05, 3.63) is 24.3 Å². The van der Waals surface area contributed by atoms with Gasteiger partial charge in [-0.1, -0.05) is 0 Å². The van der Waals surface area contributed by atoms with Crippen molar-refractivity contribution in [1.82, 2.24) is 5.32 Å². The summed E-state index contributed by atoms with van der Waals surface area (Å²) in [5.74, 6) is 0. The van der Waals surface area contributed by atoms with E-state index in [1.165, 1.54) is 24.9 Å². The van der Waals surface area contributed by atoms with E-state index in [9.17, 15) is 9.90 Å². The average molecular weight is 303 g/mol. The molecule has 3 N–H and O–H groups in total. The number of nitrogens with zero attached hydrogens (tertiary/aromatic N) is 1. The van der Waals surface area contributed by atoms with E-state index in [1.807, 2.05) is 12.1 Å². The van der Waals surface area contributed by atoms with E-state index in [4.69, 9.17) is 0 Å². The number of carbonyl (C=O) groups is 1. The van der Waals surface area contributed by atoms with Crippen LogP contribution in [0.15, 0.2) is 24.3 Å². The van der Waals surface area contributed by atoms with E-state index in [0.717, 1.165) is 31.6 Å². The van der Waals surface area contributed by atoms with Gasteiger partial charge in [-0.25, -0.2) is 4.79 Å². The molecular formula is C17H25N3O2. The third kappa shape index (κ3) is 3.71. The zero-order valence-corrected chi connectivity index (χ0v) is 13.0. The van der Waals surface area contributed by atoms with Crippen molar-refractivity contribution < 1.29 is 9.90 Å². The molecule has 3 rings (SSSR count). The first-order chi connectivity index (χ1) is 10.7. The van der Waals surface area contributed by atoms with Crippen LogP contribution in [0.1, 0.15) is 32.1 Å².